The van der Waals surface area contributed by atoms with E-state index in [0.29, 0.717) is 0 Å². The van der Waals surface area contributed by atoms with E-state index >= 15 is 0 Å². The Labute approximate surface area is 107 Å². The molecule has 0 amide bonds. The Bertz CT molecular complexity index is 485. The minimum Gasteiger partial charge on any atom is -0.405 e. The van der Waals surface area contributed by atoms with Gasteiger partial charge in [-0.1, -0.05) is 0 Å². The van der Waals surface area contributed by atoms with Gasteiger partial charge in [0.1, 0.15) is 17.1 Å². The van der Waals surface area contributed by atoms with Crippen molar-refractivity contribution in [3.63, 3.8) is 0 Å². The number of hydrogen-bond donors (Lipinski definition) is 0. The van der Waals surface area contributed by atoms with Gasteiger partial charge in [-0.2, -0.15) is 13.2 Å². The van der Waals surface area contributed by atoms with Crippen LogP contribution in [0.5, 0.6) is 5.75 Å². The van der Waals surface area contributed by atoms with Crippen LogP contribution in [0.4, 0.5) is 26.3 Å². The van der Waals surface area contributed by atoms with Crippen molar-refractivity contribution in [1.82, 2.24) is 4.98 Å². The van der Waals surface area contributed by atoms with Crippen LogP contribution in [0.1, 0.15) is 21.7 Å². The Kier molecular flexibility index (Phi) is 4.28. The van der Waals surface area contributed by atoms with Crippen molar-refractivity contribution in [1.29, 1.82) is 0 Å². The Morgan fingerprint density at radius 3 is 2.21 bits per heavy atom. The molecule has 3 nitrogen and oxygen atoms in total. The average Bonchev–Trinajstić information content (AvgIpc) is 2.24. The van der Waals surface area contributed by atoms with E-state index in [9.17, 15) is 31.1 Å². The maximum atomic E-state index is 12.4. The zero-order valence-corrected chi connectivity index (χ0v) is 9.53. The van der Waals surface area contributed by atoms with Crippen LogP contribution in [0.25, 0.3) is 0 Å². The van der Waals surface area contributed by atoms with Crippen molar-refractivity contribution >= 4 is 17.9 Å². The highest BCUT2D eigenvalue weighted by Gasteiger charge is 2.37. The fourth-order valence-corrected chi connectivity index (χ4v) is 1.43. The van der Waals surface area contributed by atoms with Gasteiger partial charge in [-0.3, -0.25) is 4.79 Å². The Balaban J connectivity index is 3.44. The molecule has 10 heteroatoms. The lowest BCUT2D eigenvalue weighted by molar-refractivity contribution is -0.275. The number of carbonyl (C=O) groups excluding carboxylic acids is 1. The minimum absolute atomic E-state index is 0.0399. The van der Waals surface area contributed by atoms with Crippen LogP contribution in [0.2, 0.25) is 0 Å². The average molecular weight is 308 g/mol. The maximum Gasteiger partial charge on any atom is 0.573 e. The molecule has 1 rings (SSSR count). The molecule has 19 heavy (non-hydrogen) atoms. The van der Waals surface area contributed by atoms with Crippen LogP contribution in [0.15, 0.2) is 6.07 Å². The molecule has 0 fully saturated rings. The van der Waals surface area contributed by atoms with Gasteiger partial charge in [0.05, 0.1) is 5.88 Å². The smallest absolute Gasteiger partial charge is 0.405 e. The molecule has 0 aliphatic carbocycles. The Morgan fingerprint density at radius 1 is 1.26 bits per heavy atom. The third-order valence-electron chi connectivity index (χ3n) is 1.88. The van der Waals surface area contributed by atoms with E-state index in [1.807, 2.05) is 0 Å². The topological polar surface area (TPSA) is 39.2 Å². The third kappa shape index (κ3) is 3.98. The van der Waals surface area contributed by atoms with Gasteiger partial charge in [0, 0.05) is 11.6 Å². The lowest BCUT2D eigenvalue weighted by Gasteiger charge is -2.15. The quantitative estimate of drug-likeness (QED) is 0.487. The summed E-state index contributed by atoms with van der Waals surface area (Å²) in [5.74, 6) is -1.86. The predicted molar refractivity (Wildman–Crippen MR) is 50.9 cm³/mol. The van der Waals surface area contributed by atoms with Crippen molar-refractivity contribution in [3.05, 3.63) is 23.0 Å². The van der Waals surface area contributed by atoms with Crippen LogP contribution in [0, 0.1) is 0 Å². The van der Waals surface area contributed by atoms with Crippen LogP contribution in [0.3, 0.4) is 0 Å². The highest BCUT2D eigenvalue weighted by atomic mass is 35.5. The molecule has 1 aromatic heterocycles. The van der Waals surface area contributed by atoms with Crippen molar-refractivity contribution in [2.75, 3.05) is 0 Å². The highest BCUT2D eigenvalue weighted by Crippen LogP contribution is 2.35. The summed E-state index contributed by atoms with van der Waals surface area (Å²) in [5.41, 5.74) is -3.10. The SMILES string of the molecule is O=Cc1nc(C(F)(F)F)cc(OC(F)(F)F)c1CCl. The van der Waals surface area contributed by atoms with Crippen LogP contribution < -0.4 is 4.74 Å². The summed E-state index contributed by atoms with van der Waals surface area (Å²) in [6, 6.07) is 0.0399. The van der Waals surface area contributed by atoms with E-state index in [4.69, 9.17) is 11.6 Å². The minimum atomic E-state index is -5.22. The lowest BCUT2D eigenvalue weighted by atomic mass is 10.1. The molecule has 0 N–H and O–H groups in total. The first kappa shape index (κ1) is 15.5. The van der Waals surface area contributed by atoms with E-state index < -0.39 is 41.1 Å². The van der Waals surface area contributed by atoms with Gasteiger partial charge in [-0.05, 0) is 0 Å². The second-order valence-electron chi connectivity index (χ2n) is 3.17. The van der Waals surface area contributed by atoms with Crippen molar-refractivity contribution in [2.45, 2.75) is 18.4 Å². The van der Waals surface area contributed by atoms with Gasteiger partial charge in [0.25, 0.3) is 0 Å². The van der Waals surface area contributed by atoms with E-state index in [-0.39, 0.29) is 12.4 Å². The Morgan fingerprint density at radius 2 is 1.84 bits per heavy atom. The standard InChI is InChI=1S/C9H4ClF6NO2/c10-2-4-5(3-18)17-7(8(11,12)13)1-6(4)19-9(14,15)16/h1,3H,2H2. The molecule has 1 aromatic rings. The van der Waals surface area contributed by atoms with E-state index in [2.05, 4.69) is 9.72 Å². The molecular weight excluding hydrogens is 304 g/mol. The van der Waals surface area contributed by atoms with Crippen LogP contribution >= 0.6 is 11.6 Å². The monoisotopic (exact) mass is 307 g/mol. The zero-order chi connectivity index (χ0) is 14.8. The normalized spacial score (nSPS) is 12.4. The number of pyridine rings is 1. The van der Waals surface area contributed by atoms with Gasteiger partial charge >= 0.3 is 12.5 Å². The fraction of sp³-hybridized carbons (Fsp3) is 0.333. The van der Waals surface area contributed by atoms with Crippen molar-refractivity contribution in [3.8, 4) is 5.75 Å². The number of hydrogen-bond acceptors (Lipinski definition) is 3. The lowest BCUT2D eigenvalue weighted by Crippen LogP contribution is -2.20. The first-order valence-corrected chi connectivity index (χ1v) is 5.00. The highest BCUT2D eigenvalue weighted by molar-refractivity contribution is 6.17. The molecule has 0 aromatic carbocycles. The molecule has 0 unspecified atom stereocenters. The van der Waals surface area contributed by atoms with Crippen LogP contribution in [-0.2, 0) is 12.1 Å². The van der Waals surface area contributed by atoms with E-state index in [1.54, 1.807) is 0 Å². The first-order valence-electron chi connectivity index (χ1n) is 4.46. The van der Waals surface area contributed by atoms with Gasteiger partial charge in [0.2, 0.25) is 0 Å². The van der Waals surface area contributed by atoms with E-state index in [1.165, 1.54) is 0 Å². The molecule has 0 aliphatic rings. The molecule has 0 bridgehead atoms. The number of rotatable bonds is 3. The second kappa shape index (κ2) is 5.24. The zero-order valence-electron chi connectivity index (χ0n) is 8.77. The summed E-state index contributed by atoms with van der Waals surface area (Å²) in [5, 5.41) is 0. The predicted octanol–water partition coefficient (Wildman–Crippen LogP) is 3.55. The summed E-state index contributed by atoms with van der Waals surface area (Å²) in [6.45, 7) is 0. The van der Waals surface area contributed by atoms with Crippen LogP contribution in [-0.4, -0.2) is 17.6 Å². The largest absolute Gasteiger partial charge is 0.573 e. The number of nitrogens with zero attached hydrogens (tertiary/aromatic N) is 1. The molecule has 0 atom stereocenters. The number of halogens is 7. The molecular formula is C9H4ClF6NO2. The summed E-state index contributed by atoms with van der Waals surface area (Å²) in [6.07, 6.45) is -10.4. The Hall–Kier alpha value is -1.51. The fourth-order valence-electron chi connectivity index (χ4n) is 1.16. The number of aromatic nitrogens is 1. The van der Waals surface area contributed by atoms with Gasteiger partial charge in [-0.25, -0.2) is 4.98 Å². The first-order chi connectivity index (χ1) is 8.58. The third-order valence-corrected chi connectivity index (χ3v) is 2.14. The summed E-state index contributed by atoms with van der Waals surface area (Å²) >= 11 is 5.28. The van der Waals surface area contributed by atoms with Gasteiger partial charge in [-0.15, -0.1) is 24.8 Å². The number of aldehydes is 1. The number of carbonyl (C=O) groups is 1. The summed E-state index contributed by atoms with van der Waals surface area (Å²) < 4.78 is 76.8. The van der Waals surface area contributed by atoms with Gasteiger partial charge < -0.3 is 4.74 Å². The molecule has 0 spiro atoms. The number of alkyl halides is 7. The molecule has 1 heterocycles. The molecule has 0 aliphatic heterocycles. The molecule has 106 valence electrons. The van der Waals surface area contributed by atoms with Gasteiger partial charge in [0.15, 0.2) is 6.29 Å². The second-order valence-corrected chi connectivity index (χ2v) is 3.43. The molecule has 0 saturated heterocycles. The van der Waals surface area contributed by atoms with Crippen molar-refractivity contribution < 1.29 is 35.9 Å². The molecule has 0 radical (unpaired) electrons. The summed E-state index contributed by atoms with van der Waals surface area (Å²) in [7, 11) is 0. The summed E-state index contributed by atoms with van der Waals surface area (Å²) in [4.78, 5) is 13.5. The number of ether oxygens (including phenoxy) is 1. The molecule has 0 saturated carbocycles. The van der Waals surface area contributed by atoms with E-state index in [0.717, 1.165) is 0 Å². The van der Waals surface area contributed by atoms with Crippen molar-refractivity contribution in [2.24, 2.45) is 0 Å². The maximum absolute atomic E-state index is 12.4.